The lowest BCUT2D eigenvalue weighted by molar-refractivity contribution is -0.143. The van der Waals surface area contributed by atoms with Gasteiger partial charge in [-0.15, -0.1) is 0 Å². The Kier molecular flexibility index (Phi) is 5.13. The van der Waals surface area contributed by atoms with Gasteiger partial charge in [-0.3, -0.25) is 9.59 Å². The number of amides is 2. The van der Waals surface area contributed by atoms with Gasteiger partial charge in [0, 0.05) is 31.9 Å². The molecular formula is C19H17FN4O2. The number of rotatable bonds is 2. The number of halogens is 1. The monoisotopic (exact) mass is 352 g/mol. The number of hydrogen-bond acceptors (Lipinski definition) is 4. The van der Waals surface area contributed by atoms with Gasteiger partial charge in [0.1, 0.15) is 5.82 Å². The fourth-order valence-corrected chi connectivity index (χ4v) is 2.81. The first-order valence-electron chi connectivity index (χ1n) is 8.18. The maximum atomic E-state index is 13.8. The molecule has 0 radical (unpaired) electrons. The Bertz CT molecular complexity index is 853. The van der Waals surface area contributed by atoms with Crippen molar-refractivity contribution in [3.8, 4) is 6.07 Å². The van der Waals surface area contributed by atoms with E-state index in [1.165, 1.54) is 11.0 Å². The lowest BCUT2D eigenvalue weighted by Gasteiger charge is -2.35. The number of nitrogens with zero attached hydrogens (tertiary/aromatic N) is 3. The first-order chi connectivity index (χ1) is 12.6. The van der Waals surface area contributed by atoms with Crippen molar-refractivity contribution in [2.45, 2.75) is 0 Å². The van der Waals surface area contributed by atoms with Crippen LogP contribution in [0.5, 0.6) is 0 Å². The summed E-state index contributed by atoms with van der Waals surface area (Å²) < 4.78 is 13.8. The van der Waals surface area contributed by atoms with E-state index in [2.05, 4.69) is 5.32 Å². The van der Waals surface area contributed by atoms with E-state index in [4.69, 9.17) is 5.26 Å². The highest BCUT2D eigenvalue weighted by atomic mass is 19.1. The second-order valence-electron chi connectivity index (χ2n) is 5.87. The predicted octanol–water partition coefficient (Wildman–Crippen LogP) is 1.98. The lowest BCUT2D eigenvalue weighted by Crippen LogP contribution is -2.51. The smallest absolute Gasteiger partial charge is 0.313 e. The first-order valence-corrected chi connectivity index (χ1v) is 8.18. The minimum atomic E-state index is -0.728. The SMILES string of the molecule is N#Cc1ccc(NC(=O)C(=O)N2CCN(c3ccccc3F)CC2)cc1. The van der Waals surface area contributed by atoms with Crippen LogP contribution in [0.1, 0.15) is 5.56 Å². The van der Waals surface area contributed by atoms with Gasteiger partial charge in [0.25, 0.3) is 0 Å². The highest BCUT2D eigenvalue weighted by Gasteiger charge is 2.26. The van der Waals surface area contributed by atoms with Crippen LogP contribution in [0.25, 0.3) is 0 Å². The molecule has 6 nitrogen and oxygen atoms in total. The van der Waals surface area contributed by atoms with Gasteiger partial charge in [-0.25, -0.2) is 4.39 Å². The minimum Gasteiger partial charge on any atom is -0.366 e. The van der Waals surface area contributed by atoms with Crippen molar-refractivity contribution in [1.29, 1.82) is 5.26 Å². The second-order valence-corrected chi connectivity index (χ2v) is 5.87. The maximum Gasteiger partial charge on any atom is 0.313 e. The Hall–Kier alpha value is -3.40. The van der Waals surface area contributed by atoms with Crippen LogP contribution in [0, 0.1) is 17.1 Å². The van der Waals surface area contributed by atoms with Crippen molar-refractivity contribution in [2.75, 3.05) is 36.4 Å². The van der Waals surface area contributed by atoms with Crippen molar-refractivity contribution < 1.29 is 14.0 Å². The van der Waals surface area contributed by atoms with Crippen molar-refractivity contribution in [2.24, 2.45) is 0 Å². The third-order valence-corrected chi connectivity index (χ3v) is 4.23. The molecule has 1 fully saturated rings. The van der Waals surface area contributed by atoms with E-state index in [-0.39, 0.29) is 5.82 Å². The van der Waals surface area contributed by atoms with Crippen molar-refractivity contribution in [1.82, 2.24) is 4.90 Å². The predicted molar refractivity (Wildman–Crippen MR) is 95.0 cm³/mol. The number of para-hydroxylation sites is 1. The number of benzene rings is 2. The molecule has 0 aromatic heterocycles. The van der Waals surface area contributed by atoms with Gasteiger partial charge in [0.2, 0.25) is 0 Å². The van der Waals surface area contributed by atoms with Crippen LogP contribution in [0.4, 0.5) is 15.8 Å². The molecule has 1 aliphatic heterocycles. The zero-order chi connectivity index (χ0) is 18.5. The van der Waals surface area contributed by atoms with E-state index in [1.807, 2.05) is 11.0 Å². The standard InChI is InChI=1S/C19H17FN4O2/c20-16-3-1-2-4-17(16)23-9-11-24(12-10-23)19(26)18(25)22-15-7-5-14(13-21)6-8-15/h1-8H,9-12H2,(H,22,25). The molecule has 7 heteroatoms. The Morgan fingerprint density at radius 2 is 1.65 bits per heavy atom. The molecule has 1 heterocycles. The second kappa shape index (κ2) is 7.66. The van der Waals surface area contributed by atoms with E-state index in [1.54, 1.807) is 42.5 Å². The first kappa shape index (κ1) is 17.4. The van der Waals surface area contributed by atoms with Gasteiger partial charge in [0.15, 0.2) is 0 Å². The third-order valence-electron chi connectivity index (χ3n) is 4.23. The molecule has 1 saturated heterocycles. The number of nitriles is 1. The van der Waals surface area contributed by atoms with Crippen LogP contribution < -0.4 is 10.2 Å². The topological polar surface area (TPSA) is 76.4 Å². The Morgan fingerprint density at radius 1 is 1.00 bits per heavy atom. The number of carbonyl (C=O) groups excluding carboxylic acids is 2. The van der Waals surface area contributed by atoms with Gasteiger partial charge in [-0.1, -0.05) is 12.1 Å². The van der Waals surface area contributed by atoms with Gasteiger partial charge >= 0.3 is 11.8 Å². The zero-order valence-electron chi connectivity index (χ0n) is 14.0. The average molecular weight is 352 g/mol. The molecule has 1 aliphatic rings. The molecule has 2 aromatic rings. The molecule has 3 rings (SSSR count). The quantitative estimate of drug-likeness (QED) is 0.839. The number of nitrogens with one attached hydrogen (secondary N) is 1. The summed E-state index contributed by atoms with van der Waals surface area (Å²) in [4.78, 5) is 27.7. The fourth-order valence-electron chi connectivity index (χ4n) is 2.81. The average Bonchev–Trinajstić information content (AvgIpc) is 2.68. The highest BCUT2D eigenvalue weighted by Crippen LogP contribution is 2.20. The van der Waals surface area contributed by atoms with E-state index < -0.39 is 11.8 Å². The summed E-state index contributed by atoms with van der Waals surface area (Å²) in [5.74, 6) is -1.65. The van der Waals surface area contributed by atoms with Crippen LogP contribution in [0.3, 0.4) is 0 Å². The van der Waals surface area contributed by atoms with E-state index in [9.17, 15) is 14.0 Å². The molecule has 0 aliphatic carbocycles. The van der Waals surface area contributed by atoms with Crippen LogP contribution in [0.2, 0.25) is 0 Å². The zero-order valence-corrected chi connectivity index (χ0v) is 14.0. The summed E-state index contributed by atoms with van der Waals surface area (Å²) in [5.41, 5.74) is 1.42. The molecule has 0 atom stereocenters. The van der Waals surface area contributed by atoms with Crippen LogP contribution >= 0.6 is 0 Å². The molecule has 1 N–H and O–H groups in total. The highest BCUT2D eigenvalue weighted by molar-refractivity contribution is 6.39. The molecule has 2 aromatic carbocycles. The molecule has 0 unspecified atom stereocenters. The maximum absolute atomic E-state index is 13.8. The van der Waals surface area contributed by atoms with Gasteiger partial charge < -0.3 is 15.1 Å². The van der Waals surface area contributed by atoms with Crippen molar-refractivity contribution >= 4 is 23.2 Å². The van der Waals surface area contributed by atoms with Gasteiger partial charge in [0.05, 0.1) is 17.3 Å². The Labute approximate surface area is 150 Å². The van der Waals surface area contributed by atoms with Crippen LogP contribution in [-0.4, -0.2) is 42.9 Å². The summed E-state index contributed by atoms with van der Waals surface area (Å²) in [6, 6.07) is 14.7. The molecular weight excluding hydrogens is 335 g/mol. The summed E-state index contributed by atoms with van der Waals surface area (Å²) in [6.45, 7) is 1.59. The molecule has 132 valence electrons. The summed E-state index contributed by atoms with van der Waals surface area (Å²) in [6.07, 6.45) is 0. The van der Waals surface area contributed by atoms with Gasteiger partial charge in [-0.2, -0.15) is 5.26 Å². The number of hydrogen-bond donors (Lipinski definition) is 1. The molecule has 0 spiro atoms. The molecule has 2 amide bonds. The van der Waals surface area contributed by atoms with E-state index in [0.717, 1.165) is 0 Å². The summed E-state index contributed by atoms with van der Waals surface area (Å²) in [5, 5.41) is 11.3. The minimum absolute atomic E-state index is 0.300. The number of anilines is 2. The van der Waals surface area contributed by atoms with Crippen LogP contribution in [-0.2, 0) is 9.59 Å². The van der Waals surface area contributed by atoms with Crippen molar-refractivity contribution in [3.05, 3.63) is 59.9 Å². The molecule has 26 heavy (non-hydrogen) atoms. The van der Waals surface area contributed by atoms with E-state index in [0.29, 0.717) is 43.1 Å². The van der Waals surface area contributed by atoms with E-state index >= 15 is 0 Å². The summed E-state index contributed by atoms with van der Waals surface area (Å²) >= 11 is 0. The molecule has 0 saturated carbocycles. The number of carbonyl (C=O) groups is 2. The van der Waals surface area contributed by atoms with Crippen LogP contribution in [0.15, 0.2) is 48.5 Å². The Morgan fingerprint density at radius 3 is 2.27 bits per heavy atom. The Balaban J connectivity index is 1.56. The normalized spacial score (nSPS) is 13.8. The third kappa shape index (κ3) is 3.81. The fraction of sp³-hybridized carbons (Fsp3) is 0.211. The molecule has 0 bridgehead atoms. The number of piperazine rings is 1. The largest absolute Gasteiger partial charge is 0.366 e. The summed E-state index contributed by atoms with van der Waals surface area (Å²) in [7, 11) is 0. The van der Waals surface area contributed by atoms with Crippen molar-refractivity contribution in [3.63, 3.8) is 0 Å². The lowest BCUT2D eigenvalue weighted by atomic mass is 10.2. The van der Waals surface area contributed by atoms with Gasteiger partial charge in [-0.05, 0) is 36.4 Å².